The van der Waals surface area contributed by atoms with E-state index in [1.54, 1.807) is 6.07 Å². The molecule has 0 bridgehead atoms. The summed E-state index contributed by atoms with van der Waals surface area (Å²) in [7, 11) is 0. The number of carbonyl (C=O) groups excluding carboxylic acids is 1. The highest BCUT2D eigenvalue weighted by Gasteiger charge is 2.16. The Hall–Kier alpha value is -1.69. The van der Waals surface area contributed by atoms with E-state index in [0.717, 1.165) is 11.1 Å². The van der Waals surface area contributed by atoms with Crippen LogP contribution in [0.25, 0.3) is 10.2 Å². The summed E-state index contributed by atoms with van der Waals surface area (Å²) in [5.41, 5.74) is -0.200. The highest BCUT2D eigenvalue weighted by atomic mass is 32.1. The summed E-state index contributed by atoms with van der Waals surface area (Å²) in [4.78, 5) is 29.2. The third-order valence-corrected chi connectivity index (χ3v) is 3.02. The minimum Gasteiger partial charge on any atom is -0.359 e. The quantitative estimate of drug-likeness (QED) is 0.854. The van der Waals surface area contributed by atoms with Gasteiger partial charge in [-0.25, -0.2) is 9.74 Å². The Bertz CT molecular complexity index is 588. The van der Waals surface area contributed by atoms with Gasteiger partial charge >= 0.3 is 5.97 Å². The molecule has 0 aliphatic carbocycles. The number of thiophene rings is 1. The van der Waals surface area contributed by atoms with E-state index in [4.69, 9.17) is 0 Å². The molecule has 92 valence electrons. The van der Waals surface area contributed by atoms with Gasteiger partial charge in [0.25, 0.3) is 0 Å². The number of aryl methyl sites for hydroxylation is 1. The van der Waals surface area contributed by atoms with Crippen LogP contribution < -0.4 is 5.43 Å². The number of aromatic amines is 1. The van der Waals surface area contributed by atoms with Gasteiger partial charge in [0.2, 0.25) is 5.43 Å². The second kappa shape index (κ2) is 5.58. The molecule has 0 spiro atoms. The van der Waals surface area contributed by atoms with E-state index in [9.17, 15) is 14.1 Å². The zero-order chi connectivity index (χ0) is 13.0. The molecule has 2 rings (SSSR count). The van der Waals surface area contributed by atoms with Crippen LogP contribution in [0.1, 0.15) is 29.1 Å². The highest BCUT2D eigenvalue weighted by molar-refractivity contribution is 7.18. The molecule has 2 aromatic rings. The smallest absolute Gasteiger partial charge is 0.359 e. The summed E-state index contributed by atoms with van der Waals surface area (Å²) in [6.07, 6.45) is 1.15. The van der Waals surface area contributed by atoms with Crippen LogP contribution in [0.5, 0.6) is 0 Å². The van der Waals surface area contributed by atoms with E-state index in [-0.39, 0.29) is 5.56 Å². The lowest BCUT2D eigenvalue weighted by molar-refractivity contribution is -0.0789. The zero-order valence-electron chi connectivity index (χ0n) is 9.67. The molecule has 1 N–H and O–H groups in total. The second-order valence-electron chi connectivity index (χ2n) is 3.00. The lowest BCUT2D eigenvalue weighted by Gasteiger charge is -1.94. The lowest BCUT2D eigenvalue weighted by atomic mass is 10.2. The molecular weight excluding hydrogens is 245 g/mol. The first kappa shape index (κ1) is 13.4. The first-order valence-corrected chi connectivity index (χ1v) is 5.90. The maximum absolute atomic E-state index is 11.7. The minimum absolute atomic E-state index is 0.327. The van der Waals surface area contributed by atoms with Crippen molar-refractivity contribution in [3.8, 4) is 0 Å². The molecule has 0 radical (unpaired) electrons. The van der Waals surface area contributed by atoms with Crippen molar-refractivity contribution >= 4 is 27.5 Å². The number of fused-ring (bicyclic) bond motifs is 1. The number of aromatic nitrogens is 1. The molecule has 17 heavy (non-hydrogen) atoms. The van der Waals surface area contributed by atoms with E-state index in [0.29, 0.717) is 10.2 Å². The maximum Gasteiger partial charge on any atom is 0.385 e. The predicted octanol–water partition coefficient (Wildman–Crippen LogP) is 2.97. The van der Waals surface area contributed by atoms with Crippen LogP contribution in [0.2, 0.25) is 0 Å². The average molecular weight is 257 g/mol. The lowest BCUT2D eigenvalue weighted by Crippen LogP contribution is -2.14. The van der Waals surface area contributed by atoms with E-state index in [2.05, 4.69) is 9.93 Å². The summed E-state index contributed by atoms with van der Waals surface area (Å²) in [6.45, 7) is 5.84. The van der Waals surface area contributed by atoms with Gasteiger partial charge in [-0.3, -0.25) is 4.79 Å². The molecule has 0 aliphatic heterocycles. The van der Waals surface area contributed by atoms with Crippen molar-refractivity contribution in [3.63, 3.8) is 0 Å². The van der Waals surface area contributed by atoms with Gasteiger partial charge in [0, 0.05) is 15.6 Å². The topological polar surface area (TPSA) is 59.2 Å². The van der Waals surface area contributed by atoms with Crippen LogP contribution in [0.15, 0.2) is 17.1 Å². The summed E-state index contributed by atoms with van der Waals surface area (Å²) in [6, 6.07) is 1.78. The number of hydrogen-bond donors (Lipinski definition) is 1. The molecule has 2 heterocycles. The van der Waals surface area contributed by atoms with Gasteiger partial charge in [-0.2, -0.15) is 0 Å². The maximum atomic E-state index is 11.7. The van der Waals surface area contributed by atoms with E-state index in [1.807, 2.05) is 20.8 Å². The number of pyridine rings is 1. The highest BCUT2D eigenvalue weighted by Crippen LogP contribution is 2.20. The molecule has 0 unspecified atom stereocenters. The number of H-pyrrole nitrogens is 1. The van der Waals surface area contributed by atoms with E-state index in [1.165, 1.54) is 11.3 Å². The van der Waals surface area contributed by atoms with Gasteiger partial charge in [-0.1, -0.05) is 13.8 Å². The van der Waals surface area contributed by atoms with Crippen molar-refractivity contribution in [1.82, 2.24) is 4.98 Å². The Morgan fingerprint density at radius 3 is 2.71 bits per heavy atom. The molecule has 2 aromatic heterocycles. The van der Waals surface area contributed by atoms with Gasteiger partial charge in [0.15, 0.2) is 0 Å². The molecule has 0 aromatic carbocycles. The van der Waals surface area contributed by atoms with Crippen LogP contribution >= 0.6 is 11.3 Å². The van der Waals surface area contributed by atoms with Gasteiger partial charge < -0.3 is 4.98 Å². The predicted molar refractivity (Wildman–Crippen MR) is 65.1 cm³/mol. The van der Waals surface area contributed by atoms with Gasteiger partial charge in [0.1, 0.15) is 5.56 Å². The summed E-state index contributed by atoms with van der Waals surface area (Å²) in [5.74, 6) is -1.27. The molecular formula is C11H12FNO3S. The Labute approximate surface area is 101 Å². The van der Waals surface area contributed by atoms with Gasteiger partial charge in [0.05, 0.1) is 10.2 Å². The summed E-state index contributed by atoms with van der Waals surface area (Å²) in [5, 5.41) is 0. The first-order valence-electron chi connectivity index (χ1n) is 5.08. The molecule has 0 saturated carbocycles. The SMILES string of the molecule is CC.Cc1cc2[nH]cc(C(=O)OF)c(=O)c2s1. The number of hydrogen-bond acceptors (Lipinski definition) is 4. The zero-order valence-corrected chi connectivity index (χ0v) is 10.5. The van der Waals surface area contributed by atoms with Crippen molar-refractivity contribution in [1.29, 1.82) is 0 Å². The van der Waals surface area contributed by atoms with Crippen LogP contribution in [0.3, 0.4) is 0 Å². The molecule has 0 atom stereocenters. The third kappa shape index (κ3) is 2.52. The molecule has 0 amide bonds. The van der Waals surface area contributed by atoms with Crippen molar-refractivity contribution < 1.29 is 14.3 Å². The van der Waals surface area contributed by atoms with Crippen molar-refractivity contribution in [2.75, 3.05) is 0 Å². The minimum atomic E-state index is -1.27. The monoisotopic (exact) mass is 257 g/mol. The Morgan fingerprint density at radius 2 is 2.12 bits per heavy atom. The number of rotatable bonds is 1. The van der Waals surface area contributed by atoms with Crippen LogP contribution in [-0.2, 0) is 4.94 Å². The molecule has 0 fully saturated rings. The molecule has 0 aliphatic rings. The molecule has 4 nitrogen and oxygen atoms in total. The first-order chi connectivity index (χ1) is 8.13. The largest absolute Gasteiger partial charge is 0.385 e. The van der Waals surface area contributed by atoms with Crippen LogP contribution in [0.4, 0.5) is 4.53 Å². The van der Waals surface area contributed by atoms with Crippen molar-refractivity contribution in [2.24, 2.45) is 0 Å². The Morgan fingerprint density at radius 1 is 1.47 bits per heavy atom. The average Bonchev–Trinajstić information content (AvgIpc) is 2.73. The molecule has 0 saturated heterocycles. The van der Waals surface area contributed by atoms with Gasteiger partial charge in [-0.05, 0) is 13.0 Å². The normalized spacial score (nSPS) is 9.65. The Balaban J connectivity index is 0.000000686. The standard InChI is InChI=1S/C9H6FNO3S.C2H6/c1-4-2-6-8(15-4)7(12)5(3-11-6)9(13)14-10;1-2/h2-3H,1H3,(H,11,12);1-2H3. The van der Waals surface area contributed by atoms with E-state index >= 15 is 0 Å². The van der Waals surface area contributed by atoms with Crippen LogP contribution in [-0.4, -0.2) is 11.0 Å². The second-order valence-corrected chi connectivity index (χ2v) is 4.25. The number of carbonyl (C=O) groups is 1. The third-order valence-electron chi connectivity index (χ3n) is 1.97. The van der Waals surface area contributed by atoms with Gasteiger partial charge in [-0.15, -0.1) is 11.3 Å². The fraction of sp³-hybridized carbons (Fsp3) is 0.273. The summed E-state index contributed by atoms with van der Waals surface area (Å²) < 4.78 is 12.1. The fourth-order valence-corrected chi connectivity index (χ4v) is 2.25. The molecule has 6 heteroatoms. The fourth-order valence-electron chi connectivity index (χ4n) is 1.32. The van der Waals surface area contributed by atoms with Crippen molar-refractivity contribution in [2.45, 2.75) is 20.8 Å². The number of halogens is 1. The van der Waals surface area contributed by atoms with E-state index < -0.39 is 11.4 Å². The van der Waals surface area contributed by atoms with Crippen molar-refractivity contribution in [3.05, 3.63) is 32.9 Å². The summed E-state index contributed by atoms with van der Waals surface area (Å²) >= 11 is 1.25. The number of nitrogens with one attached hydrogen (secondary N) is 1. The Kier molecular flexibility index (Phi) is 4.39. The van der Waals surface area contributed by atoms with Crippen LogP contribution in [0, 0.1) is 6.92 Å².